The van der Waals surface area contributed by atoms with Crippen LogP contribution in [-0.4, -0.2) is 24.4 Å². The van der Waals surface area contributed by atoms with Crippen molar-refractivity contribution in [3.63, 3.8) is 0 Å². The maximum absolute atomic E-state index is 8.79. The molecular formula is C15H16N4O. The van der Waals surface area contributed by atoms with Crippen LogP contribution in [0.15, 0.2) is 30.3 Å². The Bertz CT molecular complexity index is 631. The van der Waals surface area contributed by atoms with Crippen molar-refractivity contribution in [2.45, 2.75) is 13.3 Å². The lowest BCUT2D eigenvalue weighted by Crippen LogP contribution is -2.10. The van der Waals surface area contributed by atoms with E-state index in [0.29, 0.717) is 5.82 Å². The Kier molecular flexibility index (Phi) is 4.16. The standard InChI is InChI=1S/C15H16N4O/c1-4-11-9-12(5-7-14(11)20-3)13-6-8-15(18-17-13)19(2)10-16/h5-9H,4H2,1-3H3. The molecule has 5 heteroatoms. The van der Waals surface area contributed by atoms with Crippen molar-refractivity contribution >= 4 is 5.82 Å². The number of benzene rings is 1. The van der Waals surface area contributed by atoms with Gasteiger partial charge in [-0.15, -0.1) is 10.2 Å². The molecule has 0 aliphatic heterocycles. The second-order valence-electron chi connectivity index (χ2n) is 4.32. The zero-order valence-corrected chi connectivity index (χ0v) is 11.8. The summed E-state index contributed by atoms with van der Waals surface area (Å²) in [6, 6.07) is 9.58. The fourth-order valence-corrected chi connectivity index (χ4v) is 1.92. The summed E-state index contributed by atoms with van der Waals surface area (Å²) in [5.41, 5.74) is 2.89. The van der Waals surface area contributed by atoms with Crippen LogP contribution in [-0.2, 0) is 6.42 Å². The van der Waals surface area contributed by atoms with Gasteiger partial charge in [-0.1, -0.05) is 6.92 Å². The Morgan fingerprint density at radius 2 is 2.05 bits per heavy atom. The molecule has 0 fully saturated rings. The summed E-state index contributed by atoms with van der Waals surface area (Å²) in [5.74, 6) is 1.41. The fourth-order valence-electron chi connectivity index (χ4n) is 1.92. The zero-order chi connectivity index (χ0) is 14.5. The van der Waals surface area contributed by atoms with Crippen LogP contribution < -0.4 is 9.64 Å². The van der Waals surface area contributed by atoms with E-state index in [1.165, 1.54) is 4.90 Å². The Hall–Kier alpha value is -2.61. The third-order valence-electron chi connectivity index (χ3n) is 3.10. The molecule has 0 unspecified atom stereocenters. The van der Waals surface area contributed by atoms with E-state index in [4.69, 9.17) is 10.00 Å². The van der Waals surface area contributed by atoms with E-state index < -0.39 is 0 Å². The zero-order valence-electron chi connectivity index (χ0n) is 11.8. The highest BCUT2D eigenvalue weighted by atomic mass is 16.5. The van der Waals surface area contributed by atoms with Gasteiger partial charge in [0.25, 0.3) is 0 Å². The maximum Gasteiger partial charge on any atom is 0.185 e. The van der Waals surface area contributed by atoms with Crippen molar-refractivity contribution in [3.8, 4) is 23.2 Å². The van der Waals surface area contributed by atoms with E-state index in [2.05, 4.69) is 23.2 Å². The van der Waals surface area contributed by atoms with Crippen LogP contribution in [0.25, 0.3) is 11.3 Å². The molecule has 102 valence electrons. The van der Waals surface area contributed by atoms with Gasteiger partial charge in [0.05, 0.1) is 12.8 Å². The smallest absolute Gasteiger partial charge is 0.185 e. The molecule has 0 aliphatic carbocycles. The van der Waals surface area contributed by atoms with Gasteiger partial charge in [0.1, 0.15) is 5.75 Å². The highest BCUT2D eigenvalue weighted by molar-refractivity contribution is 5.62. The number of ether oxygens (including phenoxy) is 1. The summed E-state index contributed by atoms with van der Waals surface area (Å²) >= 11 is 0. The molecular weight excluding hydrogens is 252 g/mol. The van der Waals surface area contributed by atoms with Gasteiger partial charge in [0, 0.05) is 12.6 Å². The van der Waals surface area contributed by atoms with Crippen molar-refractivity contribution < 1.29 is 4.74 Å². The molecule has 0 saturated carbocycles. The van der Waals surface area contributed by atoms with Crippen molar-refractivity contribution in [1.82, 2.24) is 10.2 Å². The quantitative estimate of drug-likeness (QED) is 0.630. The molecule has 0 spiro atoms. The number of methoxy groups -OCH3 is 1. The number of hydrogen-bond donors (Lipinski definition) is 0. The van der Waals surface area contributed by atoms with E-state index in [9.17, 15) is 0 Å². The number of aryl methyl sites for hydroxylation is 1. The highest BCUT2D eigenvalue weighted by Gasteiger charge is 2.07. The topological polar surface area (TPSA) is 62.0 Å². The van der Waals surface area contributed by atoms with E-state index in [0.717, 1.165) is 29.0 Å². The first-order valence-corrected chi connectivity index (χ1v) is 6.34. The van der Waals surface area contributed by atoms with Crippen LogP contribution in [0, 0.1) is 11.5 Å². The van der Waals surface area contributed by atoms with E-state index in [1.807, 2.05) is 24.4 Å². The van der Waals surface area contributed by atoms with Gasteiger partial charge < -0.3 is 4.74 Å². The third kappa shape index (κ3) is 2.69. The first-order chi connectivity index (χ1) is 9.69. The van der Waals surface area contributed by atoms with Crippen LogP contribution >= 0.6 is 0 Å². The monoisotopic (exact) mass is 268 g/mol. The fraction of sp³-hybridized carbons (Fsp3) is 0.267. The van der Waals surface area contributed by atoms with E-state index in [-0.39, 0.29) is 0 Å². The molecule has 2 aromatic rings. The predicted molar refractivity (Wildman–Crippen MR) is 77.4 cm³/mol. The van der Waals surface area contributed by atoms with Gasteiger partial charge >= 0.3 is 0 Å². The first-order valence-electron chi connectivity index (χ1n) is 6.34. The Morgan fingerprint density at radius 1 is 1.25 bits per heavy atom. The molecule has 20 heavy (non-hydrogen) atoms. The maximum atomic E-state index is 8.79. The third-order valence-corrected chi connectivity index (χ3v) is 3.10. The van der Waals surface area contributed by atoms with Crippen LogP contribution in [0.2, 0.25) is 0 Å². The van der Waals surface area contributed by atoms with Crippen molar-refractivity contribution in [2.75, 3.05) is 19.1 Å². The molecule has 2 rings (SSSR count). The molecule has 1 heterocycles. The highest BCUT2D eigenvalue weighted by Crippen LogP contribution is 2.26. The summed E-state index contributed by atoms with van der Waals surface area (Å²) in [6.07, 6.45) is 2.88. The van der Waals surface area contributed by atoms with Crippen molar-refractivity contribution in [1.29, 1.82) is 5.26 Å². The molecule has 0 radical (unpaired) electrons. The molecule has 1 aromatic heterocycles. The van der Waals surface area contributed by atoms with Crippen LogP contribution in [0.5, 0.6) is 5.75 Å². The average Bonchev–Trinajstić information content (AvgIpc) is 2.53. The van der Waals surface area contributed by atoms with Crippen LogP contribution in [0.3, 0.4) is 0 Å². The second kappa shape index (κ2) is 6.02. The Labute approximate surface area is 118 Å². The molecule has 5 nitrogen and oxygen atoms in total. The summed E-state index contributed by atoms with van der Waals surface area (Å²) in [4.78, 5) is 1.36. The average molecular weight is 268 g/mol. The predicted octanol–water partition coefficient (Wildman–Crippen LogP) is 2.63. The lowest BCUT2D eigenvalue weighted by Gasteiger charge is -2.10. The minimum Gasteiger partial charge on any atom is -0.496 e. The van der Waals surface area contributed by atoms with Gasteiger partial charge in [0.15, 0.2) is 12.0 Å². The summed E-state index contributed by atoms with van der Waals surface area (Å²) in [7, 11) is 3.31. The number of rotatable bonds is 4. The molecule has 0 atom stereocenters. The lowest BCUT2D eigenvalue weighted by atomic mass is 10.1. The van der Waals surface area contributed by atoms with E-state index in [1.54, 1.807) is 20.2 Å². The van der Waals surface area contributed by atoms with E-state index >= 15 is 0 Å². The van der Waals surface area contributed by atoms with Gasteiger partial charge in [-0.25, -0.2) is 0 Å². The summed E-state index contributed by atoms with van der Waals surface area (Å²) < 4.78 is 5.31. The molecule has 0 N–H and O–H groups in total. The lowest BCUT2D eigenvalue weighted by molar-refractivity contribution is 0.410. The number of hydrogen-bond acceptors (Lipinski definition) is 5. The SMILES string of the molecule is CCc1cc(-c2ccc(N(C)C#N)nn2)ccc1OC. The van der Waals surface area contributed by atoms with Gasteiger partial charge in [-0.2, -0.15) is 5.26 Å². The second-order valence-corrected chi connectivity index (χ2v) is 4.32. The summed E-state index contributed by atoms with van der Waals surface area (Å²) in [6.45, 7) is 2.08. The van der Waals surface area contributed by atoms with Crippen LogP contribution in [0.1, 0.15) is 12.5 Å². The summed E-state index contributed by atoms with van der Waals surface area (Å²) in [5, 5.41) is 17.0. The van der Waals surface area contributed by atoms with Crippen LogP contribution in [0.4, 0.5) is 5.82 Å². The largest absolute Gasteiger partial charge is 0.496 e. The first kappa shape index (κ1) is 13.8. The Morgan fingerprint density at radius 3 is 2.60 bits per heavy atom. The number of nitrogens with zero attached hydrogens (tertiary/aromatic N) is 4. The number of aromatic nitrogens is 2. The normalized spacial score (nSPS) is 9.90. The molecule has 0 saturated heterocycles. The van der Waals surface area contributed by atoms with Gasteiger partial charge in [0.2, 0.25) is 0 Å². The number of nitriles is 1. The molecule has 0 aliphatic rings. The molecule has 1 aromatic carbocycles. The van der Waals surface area contributed by atoms with Gasteiger partial charge in [-0.05, 0) is 42.3 Å². The minimum atomic E-state index is 0.528. The van der Waals surface area contributed by atoms with Gasteiger partial charge in [-0.3, -0.25) is 4.90 Å². The molecule has 0 bridgehead atoms. The minimum absolute atomic E-state index is 0.528. The number of anilines is 1. The van der Waals surface area contributed by atoms with Crippen molar-refractivity contribution in [2.24, 2.45) is 0 Å². The molecule has 0 amide bonds. The van der Waals surface area contributed by atoms with Crippen molar-refractivity contribution in [3.05, 3.63) is 35.9 Å². The Balaban J connectivity index is 2.35.